The summed E-state index contributed by atoms with van der Waals surface area (Å²) in [6, 6.07) is 16.4. The van der Waals surface area contributed by atoms with Crippen molar-refractivity contribution in [2.45, 2.75) is 9.79 Å². The fourth-order valence-corrected chi connectivity index (χ4v) is 4.81. The Bertz CT molecular complexity index is 1820. The average Bonchev–Trinajstić information content (AvgIpc) is 2.86. The molecule has 196 valence electrons. The summed E-state index contributed by atoms with van der Waals surface area (Å²) in [5.74, 6) is -0.0965. The third-order valence-electron chi connectivity index (χ3n) is 5.32. The molecule has 0 aliphatic heterocycles. The van der Waals surface area contributed by atoms with Crippen molar-refractivity contribution in [3.05, 3.63) is 78.4 Å². The van der Waals surface area contributed by atoms with Crippen LogP contribution in [0.25, 0.3) is 10.8 Å². The number of azo groups is 1. The summed E-state index contributed by atoms with van der Waals surface area (Å²) in [4.78, 5) is 10.8. The number of hydrogen-bond donors (Lipinski definition) is 2. The normalized spacial score (nSPS) is 11.5. The van der Waals surface area contributed by atoms with Crippen molar-refractivity contribution in [3.63, 3.8) is 0 Å². The van der Waals surface area contributed by atoms with E-state index in [0.29, 0.717) is 28.7 Å². The minimum atomic E-state index is -5.12. The Morgan fingerprint density at radius 1 is 0.825 bits per heavy atom. The van der Waals surface area contributed by atoms with Gasteiger partial charge in [-0.05, 0) is 66.0 Å². The predicted octanol–water partition coefficient (Wildman–Crippen LogP) is -2.09. The zero-order chi connectivity index (χ0) is 27.7. The Hall–Kier alpha value is -2.37. The summed E-state index contributed by atoms with van der Waals surface area (Å²) >= 11 is 0. The first kappa shape index (κ1) is 33.8. The van der Waals surface area contributed by atoms with E-state index < -0.39 is 30.0 Å². The van der Waals surface area contributed by atoms with Crippen molar-refractivity contribution in [1.82, 2.24) is 0 Å². The van der Waals surface area contributed by atoms with Crippen LogP contribution in [0.15, 0.2) is 92.8 Å². The second-order valence-corrected chi connectivity index (χ2v) is 10.6. The largest absolute Gasteiger partial charge is 1.00 e. The van der Waals surface area contributed by atoms with Crippen LogP contribution in [0.5, 0.6) is 5.75 Å². The quantitative estimate of drug-likeness (QED) is 0.103. The molecule has 0 fully saturated rings. The SMILES string of the molecule is COc1cc(N=Nc2ccc3cc(S(=O)(=O)[O-])cc(S(=O)(=O)[O-])c3c2)ccc1NC(=O)c1ccc(N)cc1.[Na+].[Na+]. The zero-order valence-corrected chi connectivity index (χ0v) is 27.1. The number of carbonyl (C=O) groups excluding carboxylic acids is 1. The van der Waals surface area contributed by atoms with E-state index in [9.17, 15) is 30.7 Å². The molecular formula is C24H18N4Na2O8S2. The monoisotopic (exact) mass is 600 g/mol. The number of nitrogen functional groups attached to an aromatic ring is 1. The molecule has 0 spiro atoms. The molecule has 0 atom stereocenters. The second kappa shape index (κ2) is 13.5. The van der Waals surface area contributed by atoms with Gasteiger partial charge in [-0.15, -0.1) is 0 Å². The number of nitrogens with one attached hydrogen (secondary N) is 1. The van der Waals surface area contributed by atoms with E-state index in [1.54, 1.807) is 36.4 Å². The number of anilines is 2. The average molecular weight is 601 g/mol. The number of amides is 1. The number of carbonyl (C=O) groups is 1. The van der Waals surface area contributed by atoms with Gasteiger partial charge < -0.3 is 24.9 Å². The molecule has 0 bridgehead atoms. The van der Waals surface area contributed by atoms with Crippen molar-refractivity contribution in [2.75, 3.05) is 18.2 Å². The molecule has 0 aliphatic rings. The van der Waals surface area contributed by atoms with Crippen molar-refractivity contribution in [3.8, 4) is 5.75 Å². The minimum Gasteiger partial charge on any atom is -0.744 e. The molecule has 4 aromatic carbocycles. The Morgan fingerprint density at radius 3 is 2.00 bits per heavy atom. The van der Waals surface area contributed by atoms with Crippen LogP contribution < -0.4 is 74.9 Å². The van der Waals surface area contributed by atoms with Gasteiger partial charge in [0.1, 0.15) is 26.0 Å². The fraction of sp³-hybridized carbons (Fsp3) is 0.0417. The van der Waals surface area contributed by atoms with Crippen LogP contribution in [0.2, 0.25) is 0 Å². The van der Waals surface area contributed by atoms with Crippen LogP contribution in [-0.2, 0) is 20.2 Å². The molecular weight excluding hydrogens is 582 g/mol. The predicted molar refractivity (Wildman–Crippen MR) is 136 cm³/mol. The van der Waals surface area contributed by atoms with E-state index in [-0.39, 0.29) is 87.2 Å². The van der Waals surface area contributed by atoms with Gasteiger partial charge in [-0.2, -0.15) is 10.2 Å². The number of ether oxygens (including phenoxy) is 1. The fourth-order valence-electron chi connectivity index (χ4n) is 3.49. The maximum absolute atomic E-state index is 12.5. The first-order valence-electron chi connectivity index (χ1n) is 10.6. The summed E-state index contributed by atoms with van der Waals surface area (Å²) in [5.41, 5.74) is 7.38. The topological polar surface area (TPSA) is 203 Å². The third kappa shape index (κ3) is 8.10. The summed E-state index contributed by atoms with van der Waals surface area (Å²) in [7, 11) is -8.73. The summed E-state index contributed by atoms with van der Waals surface area (Å²) in [6.07, 6.45) is 0. The summed E-state index contributed by atoms with van der Waals surface area (Å²) in [5, 5.41) is 10.8. The Kier molecular flexibility index (Phi) is 11.4. The molecule has 40 heavy (non-hydrogen) atoms. The van der Waals surface area contributed by atoms with Crippen molar-refractivity contribution < 1.29 is 94.6 Å². The van der Waals surface area contributed by atoms with E-state index in [1.165, 1.54) is 31.4 Å². The zero-order valence-electron chi connectivity index (χ0n) is 21.5. The standard InChI is InChI=1S/C24H20N4O8S2.2Na/c1-36-22-12-18(8-9-21(22)26-24(29)14-2-5-16(25)6-3-14)28-27-17-7-4-15-10-19(37(30,31)32)13-23(20(15)11-17)38(33,34)35;;/h2-13H,25H2,1H3,(H,26,29)(H,30,31,32)(H,33,34,35);;/q;2*+1/p-2. The van der Waals surface area contributed by atoms with Gasteiger partial charge in [0.05, 0.1) is 34.0 Å². The van der Waals surface area contributed by atoms with Crippen LogP contribution in [0.1, 0.15) is 10.4 Å². The molecule has 0 saturated carbocycles. The van der Waals surface area contributed by atoms with Gasteiger partial charge in [0.15, 0.2) is 0 Å². The molecule has 0 saturated heterocycles. The van der Waals surface area contributed by atoms with Gasteiger partial charge in [-0.1, -0.05) is 6.07 Å². The summed E-state index contributed by atoms with van der Waals surface area (Å²) in [6.45, 7) is 0. The molecule has 0 heterocycles. The number of benzene rings is 4. The molecule has 4 aromatic rings. The van der Waals surface area contributed by atoms with E-state index in [1.807, 2.05) is 0 Å². The molecule has 0 unspecified atom stereocenters. The first-order chi connectivity index (χ1) is 17.8. The maximum Gasteiger partial charge on any atom is 1.00 e. The summed E-state index contributed by atoms with van der Waals surface area (Å²) < 4.78 is 74.7. The smallest absolute Gasteiger partial charge is 0.744 e. The van der Waals surface area contributed by atoms with Gasteiger partial charge in [-0.25, -0.2) is 16.8 Å². The number of nitrogens with zero attached hydrogens (tertiary/aromatic N) is 2. The molecule has 1 amide bonds. The Balaban J connectivity index is 0.00000280. The Labute approximate surface area is 274 Å². The number of nitrogens with two attached hydrogens (primary N) is 1. The van der Waals surface area contributed by atoms with Crippen molar-refractivity contribution in [1.29, 1.82) is 0 Å². The molecule has 0 aromatic heterocycles. The van der Waals surface area contributed by atoms with E-state index in [4.69, 9.17) is 10.5 Å². The molecule has 16 heteroatoms. The van der Waals surface area contributed by atoms with Crippen LogP contribution >= 0.6 is 0 Å². The van der Waals surface area contributed by atoms with Gasteiger partial charge in [-0.3, -0.25) is 4.79 Å². The number of hydrogen-bond acceptors (Lipinski definition) is 11. The van der Waals surface area contributed by atoms with Gasteiger partial charge in [0, 0.05) is 22.7 Å². The van der Waals surface area contributed by atoms with Crippen LogP contribution in [0.4, 0.5) is 22.7 Å². The van der Waals surface area contributed by atoms with Crippen molar-refractivity contribution in [2.24, 2.45) is 10.2 Å². The van der Waals surface area contributed by atoms with E-state index >= 15 is 0 Å². The number of fused-ring (bicyclic) bond motifs is 1. The first-order valence-corrected chi connectivity index (χ1v) is 13.4. The molecule has 3 N–H and O–H groups in total. The minimum absolute atomic E-state index is 0. The third-order valence-corrected chi connectivity index (χ3v) is 7.01. The number of methoxy groups -OCH3 is 1. The van der Waals surface area contributed by atoms with E-state index in [0.717, 1.165) is 6.07 Å². The van der Waals surface area contributed by atoms with Crippen LogP contribution in [-0.4, -0.2) is 39.0 Å². The molecule has 0 aliphatic carbocycles. The van der Waals surface area contributed by atoms with Crippen LogP contribution in [0.3, 0.4) is 0 Å². The van der Waals surface area contributed by atoms with Gasteiger partial charge in [0.25, 0.3) is 5.91 Å². The molecule has 4 rings (SSSR count). The van der Waals surface area contributed by atoms with Crippen molar-refractivity contribution >= 4 is 59.7 Å². The van der Waals surface area contributed by atoms with E-state index in [2.05, 4.69) is 15.5 Å². The Morgan fingerprint density at radius 2 is 1.43 bits per heavy atom. The number of rotatable bonds is 7. The van der Waals surface area contributed by atoms with Crippen LogP contribution in [0, 0.1) is 0 Å². The molecule has 12 nitrogen and oxygen atoms in total. The maximum atomic E-state index is 12.5. The second-order valence-electron chi connectivity index (χ2n) is 7.90. The van der Waals surface area contributed by atoms with Gasteiger partial charge >= 0.3 is 59.1 Å². The van der Waals surface area contributed by atoms with Gasteiger partial charge in [0.2, 0.25) is 0 Å². The molecule has 0 radical (unpaired) electrons.